The number of hydrogen-bond acceptors (Lipinski definition) is 4. The molecule has 1 N–H and O–H groups in total. The molecular weight excluding hydrogens is 436 g/mol. The molecule has 4 aliphatic rings. The maximum atomic E-state index is 13.0. The number of rotatable bonds is 4. The van der Waals surface area contributed by atoms with Gasteiger partial charge in [0.15, 0.2) is 0 Å². The number of nitrogens with one attached hydrogen (secondary N) is 1. The number of amides is 1. The number of halogens is 1. The SMILES string of the molecule is COc1ccc(-c2ccc3c(c2)CCC(C)(C)C3NC(=O)O[C@@H]2CN3CCC2CC3)c(Cl)c1. The average Bonchev–Trinajstić information content (AvgIpc) is 2.81. The molecule has 2 bridgehead atoms. The smallest absolute Gasteiger partial charge is 0.407 e. The van der Waals surface area contributed by atoms with Crippen LogP contribution in [0.1, 0.15) is 50.3 Å². The van der Waals surface area contributed by atoms with Gasteiger partial charge in [0, 0.05) is 12.1 Å². The van der Waals surface area contributed by atoms with Crippen molar-refractivity contribution in [3.05, 3.63) is 52.5 Å². The number of carbonyl (C=O) groups excluding carboxylic acids is 1. The van der Waals surface area contributed by atoms with Crippen molar-refractivity contribution in [2.45, 2.75) is 51.7 Å². The zero-order chi connectivity index (χ0) is 23.2. The van der Waals surface area contributed by atoms with Crippen LogP contribution in [0.25, 0.3) is 11.1 Å². The van der Waals surface area contributed by atoms with E-state index in [1.54, 1.807) is 7.11 Å². The summed E-state index contributed by atoms with van der Waals surface area (Å²) in [6.07, 6.45) is 3.94. The van der Waals surface area contributed by atoms with E-state index >= 15 is 0 Å². The predicted octanol–water partition coefficient (Wildman–Crippen LogP) is 5.85. The maximum absolute atomic E-state index is 13.0. The Morgan fingerprint density at radius 1 is 1.15 bits per heavy atom. The highest BCUT2D eigenvalue weighted by atomic mass is 35.5. The van der Waals surface area contributed by atoms with E-state index in [2.05, 4.69) is 42.3 Å². The predicted molar refractivity (Wildman–Crippen MR) is 131 cm³/mol. The summed E-state index contributed by atoms with van der Waals surface area (Å²) in [5, 5.41) is 3.90. The zero-order valence-electron chi connectivity index (χ0n) is 19.7. The summed E-state index contributed by atoms with van der Waals surface area (Å²) >= 11 is 6.53. The van der Waals surface area contributed by atoms with Gasteiger partial charge in [0.2, 0.25) is 0 Å². The van der Waals surface area contributed by atoms with E-state index in [9.17, 15) is 4.79 Å². The van der Waals surface area contributed by atoms with Crippen LogP contribution in [0.2, 0.25) is 5.02 Å². The fourth-order valence-corrected chi connectivity index (χ4v) is 6.04. The number of aryl methyl sites for hydroxylation is 1. The standard InChI is InChI=1S/C27H33ClN2O3/c1-27(2)11-8-19-14-18(21-7-5-20(32-3)15-23(21)28)4-6-22(19)25(27)29-26(31)33-24-16-30-12-9-17(24)10-13-30/h4-7,14-15,17,24-25H,8-13,16H2,1-3H3,(H,29,31)/t24-,25?/m1/s1. The normalized spacial score (nSPS) is 27.5. The quantitative estimate of drug-likeness (QED) is 0.611. The number of fused-ring (bicyclic) bond motifs is 4. The minimum absolute atomic E-state index is 0.0123. The number of benzene rings is 2. The lowest BCUT2D eigenvalue weighted by Gasteiger charge is -2.44. The molecule has 33 heavy (non-hydrogen) atoms. The summed E-state index contributed by atoms with van der Waals surface area (Å²) < 4.78 is 11.2. The lowest BCUT2D eigenvalue weighted by atomic mass is 9.70. The molecular formula is C27H33ClN2O3. The molecule has 6 heteroatoms. The van der Waals surface area contributed by atoms with E-state index in [0.717, 1.165) is 62.2 Å². The van der Waals surface area contributed by atoms with Gasteiger partial charge < -0.3 is 14.8 Å². The molecule has 2 atom stereocenters. The van der Waals surface area contributed by atoms with Crippen molar-refractivity contribution in [3.8, 4) is 16.9 Å². The number of ether oxygens (including phenoxy) is 2. The second-order valence-electron chi connectivity index (χ2n) is 10.4. The number of methoxy groups -OCH3 is 1. The topological polar surface area (TPSA) is 50.8 Å². The van der Waals surface area contributed by atoms with E-state index in [4.69, 9.17) is 21.1 Å². The number of nitrogens with zero attached hydrogens (tertiary/aromatic N) is 1. The van der Waals surface area contributed by atoms with Gasteiger partial charge in [-0.1, -0.05) is 43.6 Å². The molecule has 6 rings (SSSR count). The van der Waals surface area contributed by atoms with Crippen molar-refractivity contribution in [1.82, 2.24) is 10.2 Å². The van der Waals surface area contributed by atoms with Crippen LogP contribution in [-0.2, 0) is 11.2 Å². The van der Waals surface area contributed by atoms with Gasteiger partial charge in [0.25, 0.3) is 0 Å². The third-order valence-corrected chi connectivity index (χ3v) is 8.19. The second kappa shape index (κ2) is 8.84. The van der Waals surface area contributed by atoms with Crippen LogP contribution < -0.4 is 10.1 Å². The Morgan fingerprint density at radius 2 is 1.94 bits per heavy atom. The highest BCUT2D eigenvalue weighted by Gasteiger charge is 2.40. The summed E-state index contributed by atoms with van der Waals surface area (Å²) in [4.78, 5) is 15.4. The lowest BCUT2D eigenvalue weighted by Crippen LogP contribution is -2.53. The fourth-order valence-electron chi connectivity index (χ4n) is 5.76. The molecule has 3 fully saturated rings. The Balaban J connectivity index is 1.36. The van der Waals surface area contributed by atoms with E-state index in [-0.39, 0.29) is 23.7 Å². The first-order valence-electron chi connectivity index (χ1n) is 12.0. The van der Waals surface area contributed by atoms with Crippen LogP contribution in [0.15, 0.2) is 36.4 Å². The van der Waals surface area contributed by atoms with Crippen LogP contribution >= 0.6 is 11.6 Å². The first-order valence-corrected chi connectivity index (χ1v) is 12.4. The van der Waals surface area contributed by atoms with Crippen LogP contribution in [0, 0.1) is 11.3 Å². The number of carbonyl (C=O) groups is 1. The van der Waals surface area contributed by atoms with E-state index in [1.165, 1.54) is 11.1 Å². The molecule has 2 aromatic rings. The molecule has 5 nitrogen and oxygen atoms in total. The monoisotopic (exact) mass is 468 g/mol. The molecule has 1 aliphatic carbocycles. The van der Waals surface area contributed by atoms with Gasteiger partial charge in [-0.3, -0.25) is 4.90 Å². The Bertz CT molecular complexity index is 1050. The minimum Gasteiger partial charge on any atom is -0.497 e. The molecule has 1 amide bonds. The van der Waals surface area contributed by atoms with Gasteiger partial charge in [0.05, 0.1) is 18.2 Å². The Kier molecular flexibility index (Phi) is 6.04. The minimum atomic E-state index is -0.290. The van der Waals surface area contributed by atoms with Crippen LogP contribution in [0.3, 0.4) is 0 Å². The van der Waals surface area contributed by atoms with Crippen molar-refractivity contribution >= 4 is 17.7 Å². The molecule has 2 aromatic carbocycles. The first-order chi connectivity index (χ1) is 15.8. The molecule has 3 aliphatic heterocycles. The Morgan fingerprint density at radius 3 is 2.61 bits per heavy atom. The largest absolute Gasteiger partial charge is 0.497 e. The molecule has 1 unspecified atom stereocenters. The van der Waals surface area contributed by atoms with Crippen molar-refractivity contribution in [1.29, 1.82) is 0 Å². The summed E-state index contributed by atoms with van der Waals surface area (Å²) in [6, 6.07) is 12.1. The van der Waals surface area contributed by atoms with Gasteiger partial charge in [-0.2, -0.15) is 0 Å². The van der Waals surface area contributed by atoms with Crippen LogP contribution in [0.4, 0.5) is 4.79 Å². The Hall–Kier alpha value is -2.24. The maximum Gasteiger partial charge on any atom is 0.407 e. The molecule has 3 heterocycles. The highest BCUT2D eigenvalue weighted by Crippen LogP contribution is 2.45. The van der Waals surface area contributed by atoms with Gasteiger partial charge >= 0.3 is 6.09 Å². The summed E-state index contributed by atoms with van der Waals surface area (Å²) in [5.74, 6) is 1.25. The van der Waals surface area contributed by atoms with E-state index in [0.29, 0.717) is 10.9 Å². The third kappa shape index (κ3) is 4.45. The zero-order valence-corrected chi connectivity index (χ0v) is 20.5. The molecule has 0 spiro atoms. The molecule has 0 saturated carbocycles. The van der Waals surface area contributed by atoms with E-state index < -0.39 is 0 Å². The van der Waals surface area contributed by atoms with E-state index in [1.807, 2.05) is 18.2 Å². The van der Waals surface area contributed by atoms with Crippen LogP contribution in [-0.4, -0.2) is 43.8 Å². The van der Waals surface area contributed by atoms with Crippen molar-refractivity contribution < 1.29 is 14.3 Å². The van der Waals surface area contributed by atoms with Gasteiger partial charge in [-0.15, -0.1) is 0 Å². The Labute approximate surface area is 201 Å². The summed E-state index contributed by atoms with van der Waals surface area (Å²) in [7, 11) is 1.64. The molecule has 176 valence electrons. The van der Waals surface area contributed by atoms with Crippen LogP contribution in [0.5, 0.6) is 5.75 Å². The van der Waals surface area contributed by atoms with Crippen molar-refractivity contribution in [3.63, 3.8) is 0 Å². The molecule has 3 saturated heterocycles. The average molecular weight is 469 g/mol. The van der Waals surface area contributed by atoms with Crippen molar-refractivity contribution in [2.75, 3.05) is 26.7 Å². The van der Waals surface area contributed by atoms with Gasteiger partial charge in [-0.25, -0.2) is 4.79 Å². The lowest BCUT2D eigenvalue weighted by molar-refractivity contribution is -0.0353. The first kappa shape index (κ1) is 22.5. The second-order valence-corrected chi connectivity index (χ2v) is 10.8. The van der Waals surface area contributed by atoms with Crippen molar-refractivity contribution in [2.24, 2.45) is 11.3 Å². The van der Waals surface area contributed by atoms with Gasteiger partial charge in [0.1, 0.15) is 11.9 Å². The summed E-state index contributed by atoms with van der Waals surface area (Å²) in [5.41, 5.74) is 4.43. The summed E-state index contributed by atoms with van der Waals surface area (Å²) in [6.45, 7) is 7.59. The molecule has 0 aromatic heterocycles. The number of alkyl carbamates (subject to hydrolysis) is 1. The van der Waals surface area contributed by atoms with Gasteiger partial charge in [-0.05, 0) is 85.0 Å². The third-order valence-electron chi connectivity index (χ3n) is 7.88. The fraction of sp³-hybridized carbons (Fsp3) is 0.519. The number of hydrogen-bond donors (Lipinski definition) is 1. The highest BCUT2D eigenvalue weighted by molar-refractivity contribution is 6.33. The molecule has 0 radical (unpaired) electrons. The number of piperidine rings is 3.